The van der Waals surface area contributed by atoms with Gasteiger partial charge in [-0.1, -0.05) is 36.1 Å². The molecule has 3 aromatic carbocycles. The van der Waals surface area contributed by atoms with Crippen molar-refractivity contribution in [2.24, 2.45) is 0 Å². The molecular weight excluding hydrogens is 336 g/mol. The lowest BCUT2D eigenvalue weighted by Crippen LogP contribution is -2.12. The quantitative estimate of drug-likeness (QED) is 0.689. The van der Waals surface area contributed by atoms with E-state index in [2.05, 4.69) is 22.5 Å². The minimum Gasteiger partial charge on any atom is -0.326 e. The van der Waals surface area contributed by atoms with E-state index in [1.54, 1.807) is 24.3 Å². The largest absolute Gasteiger partial charge is 0.326 e. The van der Waals surface area contributed by atoms with Crippen molar-refractivity contribution < 1.29 is 9.59 Å². The molecule has 0 fully saturated rings. The Bertz CT molecular complexity index is 1010. The zero-order chi connectivity index (χ0) is 19.1. The van der Waals surface area contributed by atoms with Gasteiger partial charge in [0.25, 0.3) is 5.91 Å². The third kappa shape index (κ3) is 5.32. The van der Waals surface area contributed by atoms with Crippen LogP contribution >= 0.6 is 0 Å². The average molecular weight is 354 g/mol. The Morgan fingerprint density at radius 1 is 0.704 bits per heavy atom. The van der Waals surface area contributed by atoms with Gasteiger partial charge < -0.3 is 10.6 Å². The summed E-state index contributed by atoms with van der Waals surface area (Å²) >= 11 is 0. The lowest BCUT2D eigenvalue weighted by atomic mass is 10.1. The number of anilines is 2. The fourth-order valence-electron chi connectivity index (χ4n) is 2.45. The van der Waals surface area contributed by atoms with Crippen molar-refractivity contribution in [2.45, 2.75) is 6.92 Å². The molecule has 0 aromatic heterocycles. The minimum atomic E-state index is -0.224. The Hall–Kier alpha value is -3.84. The van der Waals surface area contributed by atoms with Crippen LogP contribution in [0.5, 0.6) is 0 Å². The van der Waals surface area contributed by atoms with Crippen LogP contribution in [0.3, 0.4) is 0 Å². The van der Waals surface area contributed by atoms with Gasteiger partial charge in [-0.3, -0.25) is 9.59 Å². The second kappa shape index (κ2) is 8.50. The number of hydrogen-bond acceptors (Lipinski definition) is 2. The number of nitrogens with one attached hydrogen (secondary N) is 2. The van der Waals surface area contributed by atoms with Crippen LogP contribution < -0.4 is 10.6 Å². The maximum atomic E-state index is 12.4. The first kappa shape index (κ1) is 18.0. The monoisotopic (exact) mass is 354 g/mol. The molecule has 3 aromatic rings. The molecule has 3 rings (SSSR count). The summed E-state index contributed by atoms with van der Waals surface area (Å²) in [6, 6.07) is 23.8. The zero-order valence-corrected chi connectivity index (χ0v) is 14.8. The van der Waals surface area contributed by atoms with Gasteiger partial charge in [-0.25, -0.2) is 0 Å². The van der Waals surface area contributed by atoms with Crippen molar-refractivity contribution in [3.63, 3.8) is 0 Å². The molecular formula is C23H18N2O2. The lowest BCUT2D eigenvalue weighted by molar-refractivity contribution is -0.114. The first-order valence-electron chi connectivity index (χ1n) is 8.46. The van der Waals surface area contributed by atoms with E-state index in [0.717, 1.165) is 11.1 Å². The summed E-state index contributed by atoms with van der Waals surface area (Å²) in [4.78, 5) is 23.5. The van der Waals surface area contributed by atoms with Crippen LogP contribution in [0.4, 0.5) is 11.4 Å². The van der Waals surface area contributed by atoms with E-state index in [9.17, 15) is 9.59 Å². The molecule has 0 aliphatic rings. The van der Waals surface area contributed by atoms with E-state index >= 15 is 0 Å². The Kier molecular flexibility index (Phi) is 5.66. The molecule has 0 bridgehead atoms. The molecule has 0 aliphatic carbocycles. The van der Waals surface area contributed by atoms with Crippen LogP contribution in [-0.2, 0) is 4.79 Å². The summed E-state index contributed by atoms with van der Waals surface area (Å²) in [5, 5.41) is 5.53. The van der Waals surface area contributed by atoms with Crippen LogP contribution in [0.1, 0.15) is 28.4 Å². The summed E-state index contributed by atoms with van der Waals surface area (Å²) < 4.78 is 0. The van der Waals surface area contributed by atoms with Gasteiger partial charge in [0.2, 0.25) is 5.91 Å². The lowest BCUT2D eigenvalue weighted by Gasteiger charge is -2.07. The zero-order valence-electron chi connectivity index (χ0n) is 14.8. The molecule has 27 heavy (non-hydrogen) atoms. The van der Waals surface area contributed by atoms with Gasteiger partial charge in [0, 0.05) is 35.0 Å². The van der Waals surface area contributed by atoms with Crippen molar-refractivity contribution in [1.82, 2.24) is 0 Å². The number of hydrogen-bond donors (Lipinski definition) is 2. The topological polar surface area (TPSA) is 58.2 Å². The molecule has 4 nitrogen and oxygen atoms in total. The molecule has 0 saturated heterocycles. The van der Waals surface area contributed by atoms with Crippen molar-refractivity contribution >= 4 is 23.2 Å². The fourth-order valence-corrected chi connectivity index (χ4v) is 2.45. The molecule has 0 atom stereocenters. The van der Waals surface area contributed by atoms with Gasteiger partial charge in [0.05, 0.1) is 0 Å². The van der Waals surface area contributed by atoms with Gasteiger partial charge in [0.15, 0.2) is 0 Å². The van der Waals surface area contributed by atoms with Gasteiger partial charge >= 0.3 is 0 Å². The van der Waals surface area contributed by atoms with E-state index in [0.29, 0.717) is 16.9 Å². The SMILES string of the molecule is CC(=O)Nc1ccc(C(=O)Nc2cccc(C#Cc3ccccc3)c2)cc1. The Morgan fingerprint density at radius 2 is 1.37 bits per heavy atom. The maximum absolute atomic E-state index is 12.4. The standard InChI is InChI=1S/C23H18N2O2/c1-17(26)24-21-14-12-20(13-15-21)23(27)25-22-9-5-8-19(16-22)11-10-18-6-3-2-4-7-18/h2-9,12-16H,1H3,(H,24,26)(H,25,27). The number of amides is 2. The Balaban J connectivity index is 1.70. The predicted octanol–water partition coefficient (Wildman–Crippen LogP) is 4.30. The molecule has 0 radical (unpaired) electrons. The maximum Gasteiger partial charge on any atom is 0.255 e. The van der Waals surface area contributed by atoms with E-state index in [1.807, 2.05) is 54.6 Å². The van der Waals surface area contributed by atoms with Gasteiger partial charge in [-0.15, -0.1) is 0 Å². The van der Waals surface area contributed by atoms with Crippen molar-refractivity contribution in [1.29, 1.82) is 0 Å². The Morgan fingerprint density at radius 3 is 2.07 bits per heavy atom. The summed E-state index contributed by atoms with van der Waals surface area (Å²) in [6.07, 6.45) is 0. The van der Waals surface area contributed by atoms with Crippen molar-refractivity contribution in [3.8, 4) is 11.8 Å². The molecule has 4 heteroatoms. The summed E-state index contributed by atoms with van der Waals surface area (Å²) in [7, 11) is 0. The van der Waals surface area contributed by atoms with Crippen LogP contribution in [0, 0.1) is 11.8 Å². The van der Waals surface area contributed by atoms with Crippen LogP contribution in [-0.4, -0.2) is 11.8 Å². The van der Waals surface area contributed by atoms with E-state index in [4.69, 9.17) is 0 Å². The third-order valence-electron chi connectivity index (χ3n) is 3.71. The third-order valence-corrected chi connectivity index (χ3v) is 3.71. The molecule has 0 heterocycles. The molecule has 0 saturated carbocycles. The summed E-state index contributed by atoms with van der Waals surface area (Å²) in [5.41, 5.74) is 3.58. The summed E-state index contributed by atoms with van der Waals surface area (Å²) in [6.45, 7) is 1.44. The number of carbonyl (C=O) groups excluding carboxylic acids is 2. The highest BCUT2D eigenvalue weighted by Crippen LogP contribution is 2.14. The number of rotatable bonds is 3. The highest BCUT2D eigenvalue weighted by molar-refractivity contribution is 6.04. The number of benzene rings is 3. The number of carbonyl (C=O) groups is 2. The smallest absolute Gasteiger partial charge is 0.255 e. The van der Waals surface area contributed by atoms with E-state index in [1.165, 1.54) is 6.92 Å². The van der Waals surface area contributed by atoms with Crippen LogP contribution in [0.2, 0.25) is 0 Å². The Labute approximate surface area is 158 Å². The van der Waals surface area contributed by atoms with Gasteiger partial charge in [-0.05, 0) is 54.6 Å². The molecule has 0 spiro atoms. The molecule has 2 N–H and O–H groups in total. The first-order chi connectivity index (χ1) is 13.1. The van der Waals surface area contributed by atoms with Gasteiger partial charge in [-0.2, -0.15) is 0 Å². The average Bonchev–Trinajstić information content (AvgIpc) is 2.67. The van der Waals surface area contributed by atoms with E-state index in [-0.39, 0.29) is 11.8 Å². The molecule has 0 unspecified atom stereocenters. The fraction of sp³-hybridized carbons (Fsp3) is 0.0435. The van der Waals surface area contributed by atoms with E-state index < -0.39 is 0 Å². The normalized spacial score (nSPS) is 9.67. The van der Waals surface area contributed by atoms with Crippen LogP contribution in [0.15, 0.2) is 78.9 Å². The molecule has 0 aliphatic heterocycles. The highest BCUT2D eigenvalue weighted by Gasteiger charge is 2.06. The first-order valence-corrected chi connectivity index (χ1v) is 8.46. The molecule has 2 amide bonds. The second-order valence-electron chi connectivity index (χ2n) is 5.91. The second-order valence-corrected chi connectivity index (χ2v) is 5.91. The highest BCUT2D eigenvalue weighted by atomic mass is 16.2. The minimum absolute atomic E-state index is 0.152. The molecule has 132 valence electrons. The van der Waals surface area contributed by atoms with Crippen molar-refractivity contribution in [3.05, 3.63) is 95.6 Å². The van der Waals surface area contributed by atoms with Gasteiger partial charge in [0.1, 0.15) is 0 Å². The van der Waals surface area contributed by atoms with Crippen LogP contribution in [0.25, 0.3) is 0 Å². The predicted molar refractivity (Wildman–Crippen MR) is 108 cm³/mol. The van der Waals surface area contributed by atoms with Crippen molar-refractivity contribution in [2.75, 3.05) is 10.6 Å². The summed E-state index contributed by atoms with van der Waals surface area (Å²) in [5.74, 6) is 5.82.